The third kappa shape index (κ3) is 9.69. The van der Waals surface area contributed by atoms with E-state index in [1.165, 1.54) is 25.2 Å². The third-order valence-electron chi connectivity index (χ3n) is 13.6. The number of esters is 1. The Balaban J connectivity index is 1.60. The zero-order valence-corrected chi connectivity index (χ0v) is 37.9. The number of methoxy groups -OCH3 is 2. The van der Waals surface area contributed by atoms with Crippen LogP contribution in [0.4, 0.5) is 14.4 Å². The molecule has 5 fully saturated rings. The molecule has 5 saturated heterocycles. The van der Waals surface area contributed by atoms with Crippen LogP contribution in [0.5, 0.6) is 0 Å². The van der Waals surface area contributed by atoms with Crippen LogP contribution in [-0.4, -0.2) is 147 Å². The number of hydrogen-bond acceptors (Lipinski definition) is 17. The third-order valence-corrected chi connectivity index (χ3v) is 13.6. The zero-order valence-electron chi connectivity index (χ0n) is 37.9. The van der Waals surface area contributed by atoms with Crippen molar-refractivity contribution in [3.8, 4) is 0 Å². The minimum absolute atomic E-state index is 0.0364. The zero-order chi connectivity index (χ0) is 45.4. The van der Waals surface area contributed by atoms with E-state index in [2.05, 4.69) is 6.58 Å². The van der Waals surface area contributed by atoms with Crippen LogP contribution in [0.15, 0.2) is 12.7 Å². The Morgan fingerprint density at radius 1 is 0.885 bits per heavy atom. The number of ether oxygens (including phenoxy) is 12. The lowest BCUT2D eigenvalue weighted by Crippen LogP contribution is -2.61. The predicted octanol–water partition coefficient (Wildman–Crippen LogP) is 5.50. The van der Waals surface area contributed by atoms with Gasteiger partial charge in [-0.05, 0) is 60.8 Å². The molecular formula is C43H67NO17. The summed E-state index contributed by atoms with van der Waals surface area (Å²) in [7, 11) is 4.64. The average Bonchev–Trinajstić information content (AvgIpc) is 3.69. The topological polar surface area (TPSA) is 199 Å². The molecule has 0 aliphatic carbocycles. The molecule has 5 aliphatic heterocycles. The monoisotopic (exact) mass is 869 g/mol. The molecule has 5 rings (SSSR count). The Hall–Kier alpha value is -3.55. The van der Waals surface area contributed by atoms with Crippen LogP contribution in [0.3, 0.4) is 0 Å². The van der Waals surface area contributed by atoms with E-state index in [0.717, 1.165) is 0 Å². The summed E-state index contributed by atoms with van der Waals surface area (Å²) in [6.45, 7) is 20.9. The van der Waals surface area contributed by atoms with Gasteiger partial charge in [0.2, 0.25) is 0 Å². The van der Waals surface area contributed by atoms with E-state index in [-0.39, 0.29) is 43.8 Å². The van der Waals surface area contributed by atoms with E-state index in [0.29, 0.717) is 6.42 Å². The first-order valence-electron chi connectivity index (χ1n) is 21.3. The highest BCUT2D eigenvalue weighted by atomic mass is 16.8. The van der Waals surface area contributed by atoms with Gasteiger partial charge in [-0.2, -0.15) is 0 Å². The number of Topliss-reactive ketones (excluding diaryl/α,β-unsaturated/α-hetero) is 1. The molecule has 0 spiro atoms. The maximum absolute atomic E-state index is 14.6. The number of likely N-dealkylation sites (N-methyl/N-ethyl adjacent to an activating group) is 1. The summed E-state index contributed by atoms with van der Waals surface area (Å²) >= 11 is 0. The first kappa shape index (κ1) is 48.5. The Bertz CT molecular complexity index is 1630. The minimum Gasteiger partial charge on any atom is -0.458 e. The SMILES string of the molecule is C=CCOC(=O)O[C@H]1[C@H](C)OC(O[C@H]2[C@H](C)[C@@H](OC3O[C@H](C)C[C@H]4C3OC(=O)N4C)[C@](C)(OC)C[C@@H](C)C(=O)[C@H](C)[C@H]3OC(=O)O[C@]3(C)[C@@H](CC)OC(=O)[C@@H]2C)C[C@@]1(C)OC. The van der Waals surface area contributed by atoms with Gasteiger partial charge in [0.15, 0.2) is 36.5 Å². The lowest BCUT2D eigenvalue weighted by atomic mass is 9.74. The van der Waals surface area contributed by atoms with Gasteiger partial charge in [-0.25, -0.2) is 14.4 Å². The van der Waals surface area contributed by atoms with Crippen LogP contribution in [-0.2, 0) is 66.4 Å². The Kier molecular flexibility index (Phi) is 15.1. The molecule has 0 aromatic rings. The van der Waals surface area contributed by atoms with Crippen molar-refractivity contribution in [1.82, 2.24) is 4.90 Å². The highest BCUT2D eigenvalue weighted by Gasteiger charge is 2.60. The molecule has 346 valence electrons. The standard InChI is InChI=1S/C43H67NO17/c1-15-17-52-39(48)60-35-26(8)54-29(20-42(35,10)51-14)56-31-24(6)33(58-37-32-27(18-22(4)53-37)44(12)38(47)57-32)41(9,50-13)19-21(3)30(45)23(5)34-43(11,61-40(49)59-34)28(16-2)55-36(46)25(31)7/h15,21-29,31-35,37H,1,16-20H2,2-14H3/t21-,22-,23+,24+,25-,26+,27+,28-,29?,31+,32?,33-,34-,35+,37?,41-,42-,43-/m1/s1. The van der Waals surface area contributed by atoms with Crippen LogP contribution >= 0.6 is 0 Å². The van der Waals surface area contributed by atoms with Crippen molar-refractivity contribution in [3.63, 3.8) is 0 Å². The second kappa shape index (κ2) is 19.1. The molecule has 0 aromatic carbocycles. The van der Waals surface area contributed by atoms with E-state index >= 15 is 0 Å². The largest absolute Gasteiger partial charge is 0.509 e. The molecule has 18 heteroatoms. The Labute approximate surface area is 358 Å². The van der Waals surface area contributed by atoms with E-state index in [1.807, 2.05) is 13.8 Å². The maximum Gasteiger partial charge on any atom is 0.509 e. The Morgan fingerprint density at radius 3 is 2.16 bits per heavy atom. The van der Waals surface area contributed by atoms with Gasteiger partial charge in [-0.1, -0.05) is 40.3 Å². The molecule has 0 radical (unpaired) electrons. The van der Waals surface area contributed by atoms with Crippen molar-refractivity contribution >= 4 is 30.2 Å². The smallest absolute Gasteiger partial charge is 0.458 e. The van der Waals surface area contributed by atoms with Crippen molar-refractivity contribution in [2.24, 2.45) is 23.7 Å². The maximum atomic E-state index is 14.6. The Morgan fingerprint density at radius 2 is 1.54 bits per heavy atom. The summed E-state index contributed by atoms with van der Waals surface area (Å²) in [5.41, 5.74) is -3.97. The van der Waals surface area contributed by atoms with Crippen molar-refractivity contribution in [2.45, 2.75) is 179 Å². The van der Waals surface area contributed by atoms with E-state index < -0.39 is 120 Å². The predicted molar refractivity (Wildman–Crippen MR) is 213 cm³/mol. The fourth-order valence-electron chi connectivity index (χ4n) is 9.99. The summed E-state index contributed by atoms with van der Waals surface area (Å²) in [6.07, 6.45) is -9.36. The number of rotatable bonds is 10. The van der Waals surface area contributed by atoms with Gasteiger partial charge in [-0.3, -0.25) is 9.59 Å². The minimum atomic E-state index is -1.51. The number of amides is 1. The second-order valence-electron chi connectivity index (χ2n) is 18.0. The molecule has 1 amide bonds. The summed E-state index contributed by atoms with van der Waals surface area (Å²) in [5.74, 6) is -4.35. The lowest BCUT2D eigenvalue weighted by Gasteiger charge is -2.49. The molecule has 18 nitrogen and oxygen atoms in total. The fraction of sp³-hybridized carbons (Fsp3) is 0.837. The first-order chi connectivity index (χ1) is 28.6. The molecule has 18 atom stereocenters. The summed E-state index contributed by atoms with van der Waals surface area (Å²) in [4.78, 5) is 68.8. The van der Waals surface area contributed by atoms with Crippen molar-refractivity contribution < 1.29 is 80.8 Å². The van der Waals surface area contributed by atoms with Gasteiger partial charge < -0.3 is 61.7 Å². The van der Waals surface area contributed by atoms with Crippen molar-refractivity contribution in [2.75, 3.05) is 27.9 Å². The lowest BCUT2D eigenvalue weighted by molar-refractivity contribution is -0.315. The number of fused-ring (bicyclic) bond motifs is 2. The molecular weight excluding hydrogens is 802 g/mol. The number of carbonyl (C=O) groups excluding carboxylic acids is 5. The highest BCUT2D eigenvalue weighted by molar-refractivity contribution is 5.84. The molecule has 61 heavy (non-hydrogen) atoms. The molecule has 5 aliphatic rings. The number of nitrogens with zero attached hydrogens (tertiary/aromatic N) is 1. The first-order valence-corrected chi connectivity index (χ1v) is 21.3. The number of carbonyl (C=O) groups is 5. The molecule has 0 saturated carbocycles. The fourth-order valence-corrected chi connectivity index (χ4v) is 9.99. The number of cyclic esters (lactones) is 1. The van der Waals surface area contributed by atoms with Crippen LogP contribution in [0.1, 0.15) is 94.9 Å². The number of ketones is 1. The molecule has 0 aromatic heterocycles. The van der Waals surface area contributed by atoms with Crippen LogP contribution < -0.4 is 0 Å². The summed E-state index contributed by atoms with van der Waals surface area (Å²) in [6, 6.07) is -0.351. The normalized spacial score (nSPS) is 44.7. The summed E-state index contributed by atoms with van der Waals surface area (Å²) < 4.78 is 73.2. The van der Waals surface area contributed by atoms with Gasteiger partial charge in [0.05, 0.1) is 47.9 Å². The van der Waals surface area contributed by atoms with Crippen LogP contribution in [0, 0.1) is 23.7 Å². The highest BCUT2D eigenvalue weighted by Crippen LogP contribution is 2.45. The van der Waals surface area contributed by atoms with Gasteiger partial charge >= 0.3 is 24.4 Å². The van der Waals surface area contributed by atoms with Crippen molar-refractivity contribution in [1.29, 1.82) is 0 Å². The molecule has 3 unspecified atom stereocenters. The van der Waals surface area contributed by atoms with E-state index in [1.54, 1.807) is 62.4 Å². The average molecular weight is 870 g/mol. The number of hydrogen-bond donors (Lipinski definition) is 0. The van der Waals surface area contributed by atoms with E-state index in [4.69, 9.17) is 56.8 Å². The molecule has 0 bridgehead atoms. The van der Waals surface area contributed by atoms with Gasteiger partial charge in [0.1, 0.15) is 24.1 Å². The van der Waals surface area contributed by atoms with Gasteiger partial charge in [-0.15, -0.1) is 0 Å². The van der Waals surface area contributed by atoms with Gasteiger partial charge in [0.25, 0.3) is 0 Å². The second-order valence-corrected chi connectivity index (χ2v) is 18.0. The van der Waals surface area contributed by atoms with E-state index in [9.17, 15) is 24.0 Å². The summed E-state index contributed by atoms with van der Waals surface area (Å²) in [5, 5.41) is 0. The van der Waals surface area contributed by atoms with Crippen LogP contribution in [0.25, 0.3) is 0 Å². The molecule has 0 N–H and O–H groups in total. The quantitative estimate of drug-likeness (QED) is 0.151. The van der Waals surface area contributed by atoms with Crippen molar-refractivity contribution in [3.05, 3.63) is 12.7 Å². The molecule has 5 heterocycles. The van der Waals surface area contributed by atoms with Crippen LogP contribution in [0.2, 0.25) is 0 Å². The van der Waals surface area contributed by atoms with Gasteiger partial charge in [0, 0.05) is 39.5 Å².